The van der Waals surface area contributed by atoms with Gasteiger partial charge in [0, 0.05) is 32.1 Å². The fraction of sp³-hybridized carbons (Fsp3) is 0.385. The van der Waals surface area contributed by atoms with E-state index >= 15 is 0 Å². The van der Waals surface area contributed by atoms with Gasteiger partial charge in [0.2, 0.25) is 17.1 Å². The molecular weight excluding hydrogens is 831 g/mol. The topological polar surface area (TPSA) is 151 Å². The summed E-state index contributed by atoms with van der Waals surface area (Å²) in [5.41, 5.74) is 2.65. The summed E-state index contributed by atoms with van der Waals surface area (Å²) in [4.78, 5) is 49.4. The molecular formula is C39H41Cl3N6O9Si. The number of aliphatic hydroxyl groups is 2. The van der Waals surface area contributed by atoms with Crippen molar-refractivity contribution in [2.24, 2.45) is 0 Å². The molecule has 306 valence electrons. The molecule has 58 heavy (non-hydrogen) atoms. The monoisotopic (exact) mass is 870 g/mol. The second-order valence-corrected chi connectivity index (χ2v) is 19.9. The van der Waals surface area contributed by atoms with Gasteiger partial charge in [0.25, 0.3) is 0 Å². The Morgan fingerprint density at radius 1 is 0.621 bits per heavy atom. The van der Waals surface area contributed by atoms with Gasteiger partial charge < -0.3 is 28.8 Å². The molecule has 19 heteroatoms. The molecule has 0 spiro atoms. The molecule has 6 atom stereocenters. The van der Waals surface area contributed by atoms with Crippen LogP contribution in [0.4, 0.5) is 48.5 Å². The van der Waals surface area contributed by atoms with E-state index in [1.165, 1.54) is 34.1 Å². The molecule has 3 aliphatic rings. The van der Waals surface area contributed by atoms with Crippen LogP contribution in [0, 0.1) is 19.7 Å². The smallest absolute Gasteiger partial charge is 0.414 e. The Bertz CT molecular complexity index is 2050. The molecule has 3 heterocycles. The molecule has 4 unspecified atom stereocenters. The van der Waals surface area contributed by atoms with E-state index in [0.29, 0.717) is 39.1 Å². The number of ether oxygens (including phenoxy) is 3. The van der Waals surface area contributed by atoms with Gasteiger partial charge in [0.1, 0.15) is 31.9 Å². The SMILES string of the molecule is [C-]#[N+]c1ccc(N2C(=O)OCC2C(C)O[Si](C)(C)C)cc1Cl.[C-]#[N+]c1ccc(N2C(=O)OCC2[C@@H](C)O)cc1Cl.[C-]#[N+]c1ccc(N2C(=O)OCC2[C@H](C)O)cc1Cl. The fourth-order valence-corrected chi connectivity index (χ4v) is 8.02. The minimum absolute atomic E-state index is 0.138. The molecule has 2 N–H and O–H groups in total. The van der Waals surface area contributed by atoms with E-state index in [9.17, 15) is 24.6 Å². The first-order valence-corrected chi connectivity index (χ1v) is 22.3. The number of anilines is 3. The molecule has 3 amide bonds. The summed E-state index contributed by atoms with van der Waals surface area (Å²) in [5.74, 6) is 0. The van der Waals surface area contributed by atoms with Gasteiger partial charge in [-0.3, -0.25) is 14.7 Å². The summed E-state index contributed by atoms with van der Waals surface area (Å²) in [7, 11) is -1.73. The van der Waals surface area contributed by atoms with Crippen LogP contribution < -0.4 is 14.7 Å². The Kier molecular flexibility index (Phi) is 15.4. The van der Waals surface area contributed by atoms with Crippen molar-refractivity contribution >= 4 is 95.5 Å². The lowest BCUT2D eigenvalue weighted by atomic mass is 10.1. The highest BCUT2D eigenvalue weighted by atomic mass is 35.5. The molecule has 0 saturated carbocycles. The number of carbonyl (C=O) groups is 3. The maximum absolute atomic E-state index is 12.1. The Balaban J connectivity index is 0.000000194. The van der Waals surface area contributed by atoms with Crippen molar-refractivity contribution in [1.29, 1.82) is 0 Å². The van der Waals surface area contributed by atoms with Gasteiger partial charge in [-0.15, -0.1) is 0 Å². The Morgan fingerprint density at radius 2 is 0.914 bits per heavy atom. The number of rotatable bonds is 8. The van der Waals surface area contributed by atoms with Gasteiger partial charge in [0.05, 0.1) is 44.1 Å². The quantitative estimate of drug-likeness (QED) is 0.128. The molecule has 3 saturated heterocycles. The van der Waals surface area contributed by atoms with Crippen LogP contribution in [0.3, 0.4) is 0 Å². The predicted octanol–water partition coefficient (Wildman–Crippen LogP) is 9.65. The minimum Gasteiger partial charge on any atom is -0.447 e. The standard InChI is InChI=1S/C15H19ClN2O3Si.2C12H11ClN2O3/c1-10(21-22(3,4)5)14-9-20-15(19)18(14)11-6-7-13(17-2)12(16)8-11;2*1-7(16)11-6-18-12(17)15(11)8-3-4-10(14-2)9(13)5-8/h6-8,10,14H,9H2,1,3-5H3;2*3-5,7,11,16H,6H2,1H3/t;2*7-,11?/m.10/s1. The van der Waals surface area contributed by atoms with Crippen molar-refractivity contribution in [3.8, 4) is 0 Å². The number of hydrogen-bond acceptors (Lipinski definition) is 9. The zero-order valence-corrected chi connectivity index (χ0v) is 35.6. The second kappa shape index (κ2) is 19.6. The first-order valence-electron chi connectivity index (χ1n) is 17.7. The second-order valence-electron chi connectivity index (χ2n) is 14.2. The van der Waals surface area contributed by atoms with E-state index < -0.39 is 50.9 Å². The third-order valence-electron chi connectivity index (χ3n) is 8.90. The third kappa shape index (κ3) is 10.9. The lowest BCUT2D eigenvalue weighted by molar-refractivity contribution is 0.141. The fourth-order valence-electron chi connectivity index (χ4n) is 6.10. The minimum atomic E-state index is -1.73. The number of halogens is 3. The largest absolute Gasteiger partial charge is 0.447 e. The number of nitrogens with zero attached hydrogens (tertiary/aromatic N) is 6. The first kappa shape index (κ1) is 45.6. The van der Waals surface area contributed by atoms with Crippen LogP contribution in [0.2, 0.25) is 34.7 Å². The summed E-state index contributed by atoms with van der Waals surface area (Å²) in [6, 6.07) is 13.2. The highest BCUT2D eigenvalue weighted by molar-refractivity contribution is 6.69. The maximum atomic E-state index is 12.1. The summed E-state index contributed by atoms with van der Waals surface area (Å²) in [5, 5.41) is 20.1. The maximum Gasteiger partial charge on any atom is 0.414 e. The molecule has 3 fully saturated rings. The van der Waals surface area contributed by atoms with Crippen LogP contribution in [0.15, 0.2) is 54.6 Å². The lowest BCUT2D eigenvalue weighted by Gasteiger charge is -2.31. The molecule has 15 nitrogen and oxygen atoms in total. The van der Waals surface area contributed by atoms with Crippen LogP contribution in [-0.2, 0) is 18.6 Å². The van der Waals surface area contributed by atoms with Crippen LogP contribution >= 0.6 is 34.8 Å². The predicted molar refractivity (Wildman–Crippen MR) is 223 cm³/mol. The van der Waals surface area contributed by atoms with Crippen molar-refractivity contribution in [3.63, 3.8) is 0 Å². The zero-order chi connectivity index (χ0) is 43.1. The number of hydrogen-bond donors (Lipinski definition) is 2. The number of amides is 3. The van der Waals surface area contributed by atoms with Gasteiger partial charge in [-0.25, -0.2) is 28.9 Å². The van der Waals surface area contributed by atoms with E-state index in [1.54, 1.807) is 49.1 Å². The van der Waals surface area contributed by atoms with Gasteiger partial charge >= 0.3 is 18.3 Å². The average molecular weight is 872 g/mol. The van der Waals surface area contributed by atoms with E-state index in [2.05, 4.69) is 34.2 Å². The molecule has 0 aliphatic carbocycles. The zero-order valence-electron chi connectivity index (χ0n) is 32.4. The molecule has 0 bridgehead atoms. The highest BCUT2D eigenvalue weighted by Gasteiger charge is 2.41. The van der Waals surface area contributed by atoms with E-state index in [0.717, 1.165) is 0 Å². The Labute approximate surface area is 352 Å². The van der Waals surface area contributed by atoms with Crippen molar-refractivity contribution in [3.05, 3.63) is 104 Å². The Morgan fingerprint density at radius 3 is 1.17 bits per heavy atom. The normalized spacial score (nSPS) is 20.2. The third-order valence-corrected chi connectivity index (χ3v) is 10.9. The molecule has 3 aromatic carbocycles. The van der Waals surface area contributed by atoms with Gasteiger partial charge in [0.15, 0.2) is 8.32 Å². The summed E-state index contributed by atoms with van der Waals surface area (Å²) >= 11 is 17.9. The van der Waals surface area contributed by atoms with Crippen molar-refractivity contribution in [2.75, 3.05) is 34.5 Å². The number of cyclic esters (lactones) is 3. The number of aliphatic hydroxyl groups excluding tert-OH is 2. The van der Waals surface area contributed by atoms with Gasteiger partial charge in [-0.05, 0) is 76.8 Å². The summed E-state index contributed by atoms with van der Waals surface area (Å²) in [6.45, 7) is 32.9. The highest BCUT2D eigenvalue weighted by Crippen LogP contribution is 2.36. The first-order chi connectivity index (χ1) is 27.3. The average Bonchev–Trinajstić information content (AvgIpc) is 3.87. The van der Waals surface area contributed by atoms with E-state index in [4.69, 9.17) is 73.2 Å². The van der Waals surface area contributed by atoms with Gasteiger partial charge in [-0.2, -0.15) is 0 Å². The number of benzene rings is 3. The Hall–Kier alpha value is -5.09. The number of carbonyl (C=O) groups excluding carboxylic acids is 3. The van der Waals surface area contributed by atoms with E-state index in [-0.39, 0.29) is 42.0 Å². The van der Waals surface area contributed by atoms with Crippen LogP contribution in [0.5, 0.6) is 0 Å². The molecule has 3 aromatic rings. The van der Waals surface area contributed by atoms with Crippen molar-refractivity contribution in [2.45, 2.75) is 76.8 Å². The van der Waals surface area contributed by atoms with Gasteiger partial charge in [-0.1, -0.05) is 53.0 Å². The van der Waals surface area contributed by atoms with Crippen LogP contribution in [0.25, 0.3) is 14.5 Å². The summed E-state index contributed by atoms with van der Waals surface area (Å²) in [6.07, 6.45) is -3.02. The molecule has 0 radical (unpaired) electrons. The van der Waals surface area contributed by atoms with Crippen molar-refractivity contribution < 1.29 is 43.2 Å². The molecule has 0 aromatic heterocycles. The van der Waals surface area contributed by atoms with E-state index in [1.807, 2.05) is 6.92 Å². The van der Waals surface area contributed by atoms with Crippen LogP contribution in [0.1, 0.15) is 20.8 Å². The van der Waals surface area contributed by atoms with Crippen LogP contribution in [-0.4, -0.2) is 93.1 Å². The van der Waals surface area contributed by atoms with Crippen molar-refractivity contribution in [1.82, 2.24) is 0 Å². The molecule has 6 rings (SSSR count). The molecule has 3 aliphatic heterocycles. The summed E-state index contributed by atoms with van der Waals surface area (Å²) < 4.78 is 21.1. The lowest BCUT2D eigenvalue weighted by Crippen LogP contribution is -2.46.